The molecule has 2 aliphatic carbocycles. The average molecular weight is 253 g/mol. The summed E-state index contributed by atoms with van der Waals surface area (Å²) in [5.41, 5.74) is 0.439. The quantitative estimate of drug-likeness (QED) is 0.807. The van der Waals surface area contributed by atoms with Gasteiger partial charge in [0.15, 0.2) is 0 Å². The van der Waals surface area contributed by atoms with Crippen molar-refractivity contribution in [3.05, 3.63) is 0 Å². The second-order valence-corrected chi connectivity index (χ2v) is 6.62. The minimum Gasteiger partial charge on any atom is -0.481 e. The Hall–Kier alpha value is -1.06. The number of carbonyl (C=O) groups is 2. The zero-order chi connectivity index (χ0) is 13.6. The standard InChI is InChI=1S/C14H23NO3/c1-13(2)9-6-7-14(13,3)10(8-9)15-11(16)4-5-12(17)18/h9-10H,4-8H2,1-3H3,(H,15,16)(H,17,18). The average Bonchev–Trinajstić information content (AvgIpc) is 2.59. The molecule has 2 saturated carbocycles. The van der Waals surface area contributed by atoms with E-state index in [2.05, 4.69) is 26.1 Å². The van der Waals surface area contributed by atoms with E-state index in [-0.39, 0.29) is 35.6 Å². The molecule has 4 heteroatoms. The molecule has 2 bridgehead atoms. The number of carboxylic acids is 1. The van der Waals surface area contributed by atoms with E-state index in [0.717, 1.165) is 12.8 Å². The van der Waals surface area contributed by atoms with Crippen LogP contribution in [0.1, 0.15) is 52.9 Å². The third kappa shape index (κ3) is 1.91. The first-order valence-corrected chi connectivity index (χ1v) is 6.78. The van der Waals surface area contributed by atoms with Crippen LogP contribution < -0.4 is 5.32 Å². The van der Waals surface area contributed by atoms with Crippen LogP contribution in [0.2, 0.25) is 0 Å². The summed E-state index contributed by atoms with van der Waals surface area (Å²) in [6, 6.07) is 0.215. The number of carboxylic acid groups (broad SMARTS) is 1. The van der Waals surface area contributed by atoms with Crippen LogP contribution >= 0.6 is 0 Å². The second-order valence-electron chi connectivity index (χ2n) is 6.62. The molecule has 0 radical (unpaired) electrons. The molecule has 0 aliphatic heterocycles. The molecule has 0 aromatic rings. The Labute approximate surface area is 108 Å². The smallest absolute Gasteiger partial charge is 0.303 e. The van der Waals surface area contributed by atoms with Crippen LogP contribution in [0.4, 0.5) is 0 Å². The molecule has 0 aromatic heterocycles. The van der Waals surface area contributed by atoms with Gasteiger partial charge in [0.05, 0.1) is 6.42 Å². The Kier molecular flexibility index (Phi) is 3.16. The van der Waals surface area contributed by atoms with Crippen LogP contribution in [0, 0.1) is 16.7 Å². The Bertz CT molecular complexity index is 377. The number of hydrogen-bond donors (Lipinski definition) is 2. The van der Waals surface area contributed by atoms with Gasteiger partial charge >= 0.3 is 5.97 Å². The van der Waals surface area contributed by atoms with Gasteiger partial charge in [-0.05, 0) is 36.0 Å². The van der Waals surface area contributed by atoms with Gasteiger partial charge < -0.3 is 10.4 Å². The van der Waals surface area contributed by atoms with Gasteiger partial charge in [0, 0.05) is 12.5 Å². The molecule has 4 nitrogen and oxygen atoms in total. The van der Waals surface area contributed by atoms with Crippen LogP contribution in [0.15, 0.2) is 0 Å². The van der Waals surface area contributed by atoms with E-state index in [0.29, 0.717) is 5.92 Å². The zero-order valence-corrected chi connectivity index (χ0v) is 11.5. The summed E-state index contributed by atoms with van der Waals surface area (Å²) in [4.78, 5) is 22.2. The summed E-state index contributed by atoms with van der Waals surface area (Å²) in [6.45, 7) is 6.87. The Morgan fingerprint density at radius 2 is 1.94 bits per heavy atom. The summed E-state index contributed by atoms with van der Waals surface area (Å²) < 4.78 is 0. The highest BCUT2D eigenvalue weighted by atomic mass is 16.4. The lowest BCUT2D eigenvalue weighted by Gasteiger charge is -2.39. The molecule has 18 heavy (non-hydrogen) atoms. The van der Waals surface area contributed by atoms with Crippen LogP contribution in [-0.2, 0) is 9.59 Å². The molecule has 102 valence electrons. The van der Waals surface area contributed by atoms with Gasteiger partial charge in [-0.1, -0.05) is 20.8 Å². The van der Waals surface area contributed by atoms with Crippen molar-refractivity contribution >= 4 is 11.9 Å². The number of aliphatic carboxylic acids is 1. The van der Waals surface area contributed by atoms with Crippen molar-refractivity contribution in [3.8, 4) is 0 Å². The van der Waals surface area contributed by atoms with Crippen LogP contribution in [0.5, 0.6) is 0 Å². The van der Waals surface area contributed by atoms with Gasteiger partial charge in [0.2, 0.25) is 5.91 Å². The molecule has 0 spiro atoms. The molecular formula is C14H23NO3. The second kappa shape index (κ2) is 4.25. The summed E-state index contributed by atoms with van der Waals surface area (Å²) in [7, 11) is 0. The first-order valence-electron chi connectivity index (χ1n) is 6.78. The minimum atomic E-state index is -0.912. The van der Waals surface area contributed by atoms with Crippen molar-refractivity contribution in [2.24, 2.45) is 16.7 Å². The van der Waals surface area contributed by atoms with Gasteiger partial charge in [-0.3, -0.25) is 9.59 Å². The molecule has 3 unspecified atom stereocenters. The maximum absolute atomic E-state index is 11.8. The van der Waals surface area contributed by atoms with Crippen molar-refractivity contribution in [2.45, 2.75) is 58.9 Å². The maximum atomic E-state index is 11.8. The van der Waals surface area contributed by atoms with Crippen LogP contribution in [-0.4, -0.2) is 23.0 Å². The normalized spacial score (nSPS) is 36.6. The van der Waals surface area contributed by atoms with Crippen molar-refractivity contribution < 1.29 is 14.7 Å². The molecule has 0 saturated heterocycles. The lowest BCUT2D eigenvalue weighted by atomic mass is 9.69. The number of rotatable bonds is 4. The van der Waals surface area contributed by atoms with Crippen molar-refractivity contribution in [3.63, 3.8) is 0 Å². The molecule has 0 heterocycles. The van der Waals surface area contributed by atoms with Crippen molar-refractivity contribution in [2.75, 3.05) is 0 Å². The summed E-state index contributed by atoms with van der Waals surface area (Å²) in [6.07, 6.45) is 3.47. The summed E-state index contributed by atoms with van der Waals surface area (Å²) in [5, 5.41) is 11.6. The Morgan fingerprint density at radius 1 is 1.28 bits per heavy atom. The fourth-order valence-corrected chi connectivity index (χ4v) is 3.91. The van der Waals surface area contributed by atoms with Gasteiger partial charge in [0.1, 0.15) is 0 Å². The fourth-order valence-electron chi connectivity index (χ4n) is 3.91. The Morgan fingerprint density at radius 3 is 2.39 bits per heavy atom. The highest BCUT2D eigenvalue weighted by Gasteiger charge is 2.61. The van der Waals surface area contributed by atoms with E-state index in [1.807, 2.05) is 0 Å². The lowest BCUT2D eigenvalue weighted by molar-refractivity contribution is -0.139. The molecule has 2 rings (SSSR count). The molecule has 2 aliphatic rings. The molecule has 1 amide bonds. The first kappa shape index (κ1) is 13.4. The molecule has 2 fully saturated rings. The van der Waals surface area contributed by atoms with E-state index in [1.165, 1.54) is 6.42 Å². The van der Waals surface area contributed by atoms with E-state index in [1.54, 1.807) is 0 Å². The van der Waals surface area contributed by atoms with Gasteiger partial charge in [0.25, 0.3) is 0 Å². The number of fused-ring (bicyclic) bond motifs is 2. The van der Waals surface area contributed by atoms with Gasteiger partial charge in [-0.2, -0.15) is 0 Å². The third-order valence-corrected chi connectivity index (χ3v) is 5.70. The van der Waals surface area contributed by atoms with Gasteiger partial charge in [-0.25, -0.2) is 0 Å². The zero-order valence-electron chi connectivity index (χ0n) is 11.5. The van der Waals surface area contributed by atoms with E-state index in [4.69, 9.17) is 5.11 Å². The first-order chi connectivity index (χ1) is 8.27. The molecule has 0 aromatic carbocycles. The highest BCUT2D eigenvalue weighted by Crippen LogP contribution is 2.65. The van der Waals surface area contributed by atoms with Crippen LogP contribution in [0.25, 0.3) is 0 Å². The van der Waals surface area contributed by atoms with Gasteiger partial charge in [-0.15, -0.1) is 0 Å². The molecule has 2 N–H and O–H groups in total. The summed E-state index contributed by atoms with van der Waals surface area (Å²) in [5.74, 6) is -0.344. The van der Waals surface area contributed by atoms with E-state index in [9.17, 15) is 9.59 Å². The largest absolute Gasteiger partial charge is 0.481 e. The number of hydrogen-bond acceptors (Lipinski definition) is 2. The predicted octanol–water partition coefficient (Wildman–Crippen LogP) is 2.18. The molecule has 3 atom stereocenters. The highest BCUT2D eigenvalue weighted by molar-refractivity contribution is 5.80. The SMILES string of the molecule is CC1(C)C2CCC1(C)C(NC(=O)CCC(=O)O)C2. The molecular weight excluding hydrogens is 230 g/mol. The third-order valence-electron chi connectivity index (χ3n) is 5.70. The monoisotopic (exact) mass is 253 g/mol. The maximum Gasteiger partial charge on any atom is 0.303 e. The number of amides is 1. The Balaban J connectivity index is 1.96. The van der Waals surface area contributed by atoms with Crippen molar-refractivity contribution in [1.29, 1.82) is 0 Å². The van der Waals surface area contributed by atoms with Crippen LogP contribution in [0.3, 0.4) is 0 Å². The number of nitrogens with one attached hydrogen (secondary N) is 1. The fraction of sp³-hybridized carbons (Fsp3) is 0.857. The van der Waals surface area contributed by atoms with E-state index >= 15 is 0 Å². The topological polar surface area (TPSA) is 66.4 Å². The van der Waals surface area contributed by atoms with E-state index < -0.39 is 5.97 Å². The number of carbonyl (C=O) groups excluding carboxylic acids is 1. The predicted molar refractivity (Wildman–Crippen MR) is 68.0 cm³/mol. The lowest BCUT2D eigenvalue weighted by Crippen LogP contribution is -2.46. The summed E-state index contributed by atoms with van der Waals surface area (Å²) >= 11 is 0. The van der Waals surface area contributed by atoms with Crippen molar-refractivity contribution in [1.82, 2.24) is 5.32 Å². The minimum absolute atomic E-state index is 0.0813.